The topological polar surface area (TPSA) is 96.2 Å². The van der Waals surface area contributed by atoms with Crippen LogP contribution in [0.25, 0.3) is 0 Å². The molecular weight excluding hydrogens is 194 g/mol. The van der Waals surface area contributed by atoms with Crippen LogP contribution in [0.2, 0.25) is 0 Å². The van der Waals surface area contributed by atoms with Crippen molar-refractivity contribution in [2.24, 2.45) is 0 Å². The average Bonchev–Trinajstić information content (AvgIpc) is 1.88. The van der Waals surface area contributed by atoms with E-state index in [4.69, 9.17) is 28.3 Å². The van der Waals surface area contributed by atoms with Gasteiger partial charge < -0.3 is 23.7 Å². The van der Waals surface area contributed by atoms with Gasteiger partial charge in [-0.3, -0.25) is 0 Å². The Morgan fingerprint density at radius 3 is 1.64 bits per heavy atom. The molecule has 0 amide bonds. The molecule has 1 saturated heterocycles. The summed E-state index contributed by atoms with van der Waals surface area (Å²) in [5, 5.41) is 0. The van der Waals surface area contributed by atoms with E-state index in [-0.39, 0.29) is 0 Å². The highest BCUT2D eigenvalue weighted by Crippen LogP contribution is 2.25. The minimum atomic E-state index is -4.64. The van der Waals surface area contributed by atoms with Gasteiger partial charge in [0.2, 0.25) is 0 Å². The average molecular weight is 204 g/mol. The molecule has 0 aromatic heterocycles. The molecule has 0 radical (unpaired) electrons. The molecule has 6 nitrogen and oxygen atoms in total. The molecule has 1 rings (SSSR count). The predicted octanol–water partition coefficient (Wildman–Crippen LogP) is 0.00320. The lowest BCUT2D eigenvalue weighted by atomic mass is 10.5. The molecule has 0 spiro atoms. The van der Waals surface area contributed by atoms with Gasteiger partial charge in [0.15, 0.2) is 9.03 Å². The van der Waals surface area contributed by atoms with E-state index in [9.17, 15) is 0 Å². The monoisotopic (exact) mass is 204 g/mol. The molecule has 1 aliphatic rings. The van der Waals surface area contributed by atoms with Crippen LogP contribution in [0, 0.1) is 0 Å². The maximum Gasteiger partial charge on any atom is 0.466 e. The van der Waals surface area contributed by atoms with Crippen LogP contribution in [-0.4, -0.2) is 27.9 Å². The minimum absolute atomic E-state index is 0.302. The molecule has 3 N–H and O–H groups in total. The van der Waals surface area contributed by atoms with Crippen LogP contribution in [-0.2, 0) is 13.6 Å². The first-order valence-corrected chi connectivity index (χ1v) is 5.15. The van der Waals surface area contributed by atoms with Gasteiger partial charge >= 0.3 is 7.82 Å². The van der Waals surface area contributed by atoms with E-state index in [0.717, 1.165) is 19.6 Å². The Labute approximate surface area is 65.7 Å². The predicted molar refractivity (Wildman–Crippen MR) is 39.1 cm³/mol. The molecule has 0 unspecified atom stereocenters. The Balaban J connectivity index is 0.000000187. The molecular formula is C3H10O6P2. The van der Waals surface area contributed by atoms with Crippen molar-refractivity contribution in [3.63, 3.8) is 0 Å². The van der Waals surface area contributed by atoms with Crippen molar-refractivity contribution in [2.75, 3.05) is 13.2 Å². The molecule has 68 valence electrons. The molecule has 1 aliphatic heterocycles. The quantitative estimate of drug-likeness (QED) is 0.480. The lowest BCUT2D eigenvalue weighted by Crippen LogP contribution is -1.98. The molecule has 1 heterocycles. The van der Waals surface area contributed by atoms with Gasteiger partial charge in [0.25, 0.3) is 0 Å². The van der Waals surface area contributed by atoms with Gasteiger partial charge in [-0.2, -0.15) is 0 Å². The summed E-state index contributed by atoms with van der Waals surface area (Å²) in [6, 6.07) is 0. The van der Waals surface area contributed by atoms with Gasteiger partial charge in [0, 0.05) is 0 Å². The Bertz CT molecular complexity index is 108. The maximum absolute atomic E-state index is 8.88. The Morgan fingerprint density at radius 1 is 1.18 bits per heavy atom. The normalized spacial score (nSPS) is 18.5. The number of phosphoric acid groups is 1. The van der Waals surface area contributed by atoms with E-state index in [1.807, 2.05) is 0 Å². The van der Waals surface area contributed by atoms with Crippen LogP contribution in [0.5, 0.6) is 0 Å². The van der Waals surface area contributed by atoms with Crippen LogP contribution in [0.1, 0.15) is 6.42 Å². The van der Waals surface area contributed by atoms with Crippen molar-refractivity contribution in [1.29, 1.82) is 0 Å². The van der Waals surface area contributed by atoms with E-state index in [1.54, 1.807) is 0 Å². The summed E-state index contributed by atoms with van der Waals surface area (Å²) in [5.41, 5.74) is 0. The second-order valence-corrected chi connectivity index (χ2v) is 3.42. The van der Waals surface area contributed by atoms with Gasteiger partial charge in [0.05, 0.1) is 13.2 Å². The molecule has 0 aliphatic carbocycles. The van der Waals surface area contributed by atoms with Crippen molar-refractivity contribution < 1.29 is 28.3 Å². The standard InChI is InChI=1S/C3H7O2P.H3O4P/c1-2-4-6-5-3-1;1-5(2,3)4/h6H,1-3H2;(H3,1,2,3,4). The first-order chi connectivity index (χ1) is 5.00. The van der Waals surface area contributed by atoms with Crippen molar-refractivity contribution in [1.82, 2.24) is 0 Å². The number of rotatable bonds is 0. The molecule has 0 bridgehead atoms. The zero-order valence-electron chi connectivity index (χ0n) is 5.63. The largest absolute Gasteiger partial charge is 0.466 e. The summed E-state index contributed by atoms with van der Waals surface area (Å²) in [6.45, 7) is 1.77. The summed E-state index contributed by atoms with van der Waals surface area (Å²) >= 11 is 0. The smallest absolute Gasteiger partial charge is 0.336 e. The van der Waals surface area contributed by atoms with E-state index in [1.165, 1.54) is 0 Å². The maximum atomic E-state index is 8.88. The summed E-state index contributed by atoms with van der Waals surface area (Å²) in [7, 11) is -4.34. The highest BCUT2D eigenvalue weighted by Gasteiger charge is 2.00. The third-order valence-electron chi connectivity index (χ3n) is 0.611. The molecule has 11 heavy (non-hydrogen) atoms. The fraction of sp³-hybridized carbons (Fsp3) is 1.00. The van der Waals surface area contributed by atoms with Crippen molar-refractivity contribution in [2.45, 2.75) is 6.42 Å². The lowest BCUT2D eigenvalue weighted by Gasteiger charge is -2.08. The van der Waals surface area contributed by atoms with Gasteiger partial charge in [0.1, 0.15) is 0 Å². The van der Waals surface area contributed by atoms with E-state index >= 15 is 0 Å². The number of hydrogen-bond acceptors (Lipinski definition) is 3. The molecule has 0 saturated carbocycles. The Morgan fingerprint density at radius 2 is 1.55 bits per heavy atom. The third kappa shape index (κ3) is 17.9. The third-order valence-corrected chi connectivity index (χ3v) is 1.25. The first-order valence-electron chi connectivity index (χ1n) is 2.77. The molecule has 0 aromatic rings. The van der Waals surface area contributed by atoms with Crippen LogP contribution in [0.3, 0.4) is 0 Å². The van der Waals surface area contributed by atoms with Crippen molar-refractivity contribution >= 4 is 16.9 Å². The van der Waals surface area contributed by atoms with Crippen molar-refractivity contribution in [3.05, 3.63) is 0 Å². The molecule has 0 atom stereocenters. The van der Waals surface area contributed by atoms with E-state index in [0.29, 0.717) is 9.03 Å². The summed E-state index contributed by atoms with van der Waals surface area (Å²) in [6.07, 6.45) is 1.06. The zero-order chi connectivity index (χ0) is 8.74. The zero-order valence-corrected chi connectivity index (χ0v) is 7.53. The minimum Gasteiger partial charge on any atom is -0.336 e. The van der Waals surface area contributed by atoms with Crippen LogP contribution in [0.4, 0.5) is 0 Å². The van der Waals surface area contributed by atoms with Crippen LogP contribution >= 0.6 is 16.9 Å². The van der Waals surface area contributed by atoms with Crippen LogP contribution in [0.15, 0.2) is 0 Å². The Hall–Kier alpha value is 0.460. The van der Waals surface area contributed by atoms with E-state index < -0.39 is 7.82 Å². The van der Waals surface area contributed by atoms with Crippen molar-refractivity contribution in [3.8, 4) is 0 Å². The fourth-order valence-corrected chi connectivity index (χ4v) is 0.867. The lowest BCUT2D eigenvalue weighted by molar-refractivity contribution is 0.197. The molecule has 8 heteroatoms. The van der Waals surface area contributed by atoms with Gasteiger partial charge in [-0.15, -0.1) is 0 Å². The summed E-state index contributed by atoms with van der Waals surface area (Å²) in [4.78, 5) is 21.6. The van der Waals surface area contributed by atoms with Gasteiger partial charge in [-0.1, -0.05) is 0 Å². The second-order valence-electron chi connectivity index (χ2n) is 1.65. The summed E-state index contributed by atoms with van der Waals surface area (Å²) in [5.74, 6) is 0. The van der Waals surface area contributed by atoms with E-state index in [2.05, 4.69) is 0 Å². The Kier molecular flexibility index (Phi) is 6.28. The van der Waals surface area contributed by atoms with Crippen LogP contribution < -0.4 is 0 Å². The first kappa shape index (κ1) is 11.5. The fourth-order valence-electron chi connectivity index (χ4n) is 0.328. The highest BCUT2D eigenvalue weighted by molar-refractivity contribution is 7.45. The molecule has 1 fully saturated rings. The van der Waals surface area contributed by atoms with Gasteiger partial charge in [-0.05, 0) is 6.42 Å². The summed E-state index contributed by atoms with van der Waals surface area (Å²) < 4.78 is 18.6. The van der Waals surface area contributed by atoms with Gasteiger partial charge in [-0.25, -0.2) is 4.57 Å². The number of hydrogen-bond donors (Lipinski definition) is 3. The molecule has 0 aromatic carbocycles. The highest BCUT2D eigenvalue weighted by atomic mass is 31.2. The SMILES string of the molecule is C1COPOC1.O=P(O)(O)O. The second kappa shape index (κ2) is 6.03.